The summed E-state index contributed by atoms with van der Waals surface area (Å²) in [5.41, 5.74) is 0.577. The number of esters is 1. The first-order valence-corrected chi connectivity index (χ1v) is 9.30. The lowest BCUT2D eigenvalue weighted by atomic mass is 10.2. The van der Waals surface area contributed by atoms with Crippen molar-refractivity contribution in [1.29, 1.82) is 0 Å². The van der Waals surface area contributed by atoms with Gasteiger partial charge in [-0.15, -0.1) is 11.3 Å². The molecule has 1 N–H and O–H groups in total. The van der Waals surface area contributed by atoms with Crippen LogP contribution in [0.3, 0.4) is 0 Å². The fraction of sp³-hybridized carbons (Fsp3) is 0.200. The van der Waals surface area contributed by atoms with Gasteiger partial charge in [-0.1, -0.05) is 0 Å². The van der Waals surface area contributed by atoms with Crippen molar-refractivity contribution in [2.45, 2.75) is 6.92 Å². The summed E-state index contributed by atoms with van der Waals surface area (Å²) in [6, 6.07) is 9.27. The second-order valence-electron chi connectivity index (χ2n) is 4.86. The molecule has 0 bridgehead atoms. The molecule has 0 atom stereocenters. The van der Waals surface area contributed by atoms with Crippen LogP contribution in [0.15, 0.2) is 36.4 Å². The lowest BCUT2D eigenvalue weighted by molar-refractivity contribution is 0.0476. The van der Waals surface area contributed by atoms with Gasteiger partial charge in [0.1, 0.15) is 0 Å². The monoisotopic (exact) mass is 353 g/mol. The Morgan fingerprint density at radius 2 is 1.78 bits per heavy atom. The molecule has 1 aromatic carbocycles. The summed E-state index contributed by atoms with van der Waals surface area (Å²) < 4.78 is 29.5. The highest BCUT2D eigenvalue weighted by Crippen LogP contribution is 2.16. The van der Waals surface area contributed by atoms with Crippen molar-refractivity contribution in [3.8, 4) is 0 Å². The molecular formula is C15H15NO5S2. The van der Waals surface area contributed by atoms with Gasteiger partial charge in [-0.3, -0.25) is 9.52 Å². The largest absolute Gasteiger partial charge is 0.454 e. The van der Waals surface area contributed by atoms with E-state index in [0.717, 1.165) is 11.1 Å². The van der Waals surface area contributed by atoms with Crippen LogP contribution in [0.2, 0.25) is 0 Å². The topological polar surface area (TPSA) is 89.5 Å². The van der Waals surface area contributed by atoms with Gasteiger partial charge in [0, 0.05) is 10.6 Å². The summed E-state index contributed by atoms with van der Waals surface area (Å²) in [7, 11) is -3.37. The van der Waals surface area contributed by atoms with E-state index >= 15 is 0 Å². The first-order valence-electron chi connectivity index (χ1n) is 6.59. The molecule has 0 aliphatic carbocycles. The number of anilines is 1. The highest BCUT2D eigenvalue weighted by molar-refractivity contribution is 7.92. The summed E-state index contributed by atoms with van der Waals surface area (Å²) in [4.78, 5) is 25.3. The van der Waals surface area contributed by atoms with E-state index in [9.17, 15) is 18.0 Å². The number of Topliss-reactive ketones (excluding diaryl/α,β-unsaturated/α-hetero) is 1. The van der Waals surface area contributed by atoms with E-state index in [1.165, 1.54) is 35.6 Å². The summed E-state index contributed by atoms with van der Waals surface area (Å²) in [6.45, 7) is 1.56. The van der Waals surface area contributed by atoms with Crippen molar-refractivity contribution in [1.82, 2.24) is 0 Å². The number of rotatable bonds is 6. The van der Waals surface area contributed by atoms with Gasteiger partial charge in [-0.25, -0.2) is 13.2 Å². The number of nitrogens with one attached hydrogen (secondary N) is 1. The van der Waals surface area contributed by atoms with E-state index in [1.807, 2.05) is 13.0 Å². The van der Waals surface area contributed by atoms with Gasteiger partial charge in [-0.05, 0) is 43.3 Å². The number of ketones is 1. The Hall–Kier alpha value is -2.19. The molecule has 0 radical (unpaired) electrons. The van der Waals surface area contributed by atoms with Crippen molar-refractivity contribution in [2.75, 3.05) is 17.6 Å². The number of benzene rings is 1. The van der Waals surface area contributed by atoms with Gasteiger partial charge < -0.3 is 4.74 Å². The van der Waals surface area contributed by atoms with Gasteiger partial charge in [0.2, 0.25) is 15.8 Å². The van der Waals surface area contributed by atoms with E-state index < -0.39 is 16.0 Å². The number of thiophene rings is 1. The Bertz CT molecular complexity index is 822. The number of aryl methyl sites for hydroxylation is 1. The lowest BCUT2D eigenvalue weighted by Crippen LogP contribution is -2.13. The number of carbonyl (C=O) groups is 2. The van der Waals surface area contributed by atoms with Crippen molar-refractivity contribution in [3.63, 3.8) is 0 Å². The smallest absolute Gasteiger partial charge is 0.338 e. The van der Waals surface area contributed by atoms with Crippen LogP contribution < -0.4 is 4.72 Å². The van der Waals surface area contributed by atoms with E-state index in [4.69, 9.17) is 4.74 Å². The Morgan fingerprint density at radius 3 is 2.30 bits per heavy atom. The summed E-state index contributed by atoms with van der Waals surface area (Å²) in [5.74, 6) is -0.899. The van der Waals surface area contributed by atoms with Gasteiger partial charge in [0.25, 0.3) is 0 Å². The molecule has 2 aromatic rings. The Balaban J connectivity index is 1.94. The molecule has 0 spiro atoms. The van der Waals surface area contributed by atoms with Crippen LogP contribution in [0.25, 0.3) is 0 Å². The predicted molar refractivity (Wildman–Crippen MR) is 88.6 cm³/mol. The number of sulfonamides is 1. The molecule has 0 unspecified atom stereocenters. The number of ether oxygens (including phenoxy) is 1. The standard InChI is InChI=1S/C15H15NO5S2/c1-10-3-8-14(22-10)13(17)9-21-15(18)11-4-6-12(7-5-11)16-23(2,19)20/h3-8,16H,9H2,1-2H3. The van der Waals surface area contributed by atoms with E-state index in [-0.39, 0.29) is 18.0 Å². The minimum atomic E-state index is -3.37. The van der Waals surface area contributed by atoms with Crippen molar-refractivity contribution in [3.05, 3.63) is 51.7 Å². The van der Waals surface area contributed by atoms with Crippen molar-refractivity contribution < 1.29 is 22.7 Å². The molecule has 0 saturated heterocycles. The van der Waals surface area contributed by atoms with Gasteiger partial charge in [-0.2, -0.15) is 0 Å². The first kappa shape index (κ1) is 17.2. The predicted octanol–water partition coefficient (Wildman–Crippen LogP) is 2.47. The molecule has 6 nitrogen and oxygen atoms in total. The average molecular weight is 353 g/mol. The highest BCUT2D eigenvalue weighted by Gasteiger charge is 2.13. The number of hydrogen-bond donors (Lipinski definition) is 1. The van der Waals surface area contributed by atoms with Gasteiger partial charge in [0.05, 0.1) is 16.7 Å². The zero-order chi connectivity index (χ0) is 17.0. The molecule has 122 valence electrons. The molecule has 0 aliphatic rings. The molecule has 0 saturated carbocycles. The van der Waals surface area contributed by atoms with Crippen LogP contribution in [-0.2, 0) is 14.8 Å². The summed E-state index contributed by atoms with van der Waals surface area (Å²) >= 11 is 1.34. The quantitative estimate of drug-likeness (QED) is 0.636. The Morgan fingerprint density at radius 1 is 1.13 bits per heavy atom. The SMILES string of the molecule is Cc1ccc(C(=O)COC(=O)c2ccc(NS(C)(=O)=O)cc2)s1. The molecule has 23 heavy (non-hydrogen) atoms. The number of carbonyl (C=O) groups excluding carboxylic acids is 2. The van der Waals surface area contributed by atoms with Crippen LogP contribution in [0.1, 0.15) is 24.9 Å². The Kier molecular flexibility index (Phi) is 5.17. The molecule has 0 amide bonds. The third kappa shape index (κ3) is 5.19. The van der Waals surface area contributed by atoms with Crippen LogP contribution >= 0.6 is 11.3 Å². The molecule has 0 fully saturated rings. The minimum Gasteiger partial charge on any atom is -0.454 e. The normalized spacial score (nSPS) is 11.0. The first-order chi connectivity index (χ1) is 10.7. The summed E-state index contributed by atoms with van der Waals surface area (Å²) in [5, 5.41) is 0. The van der Waals surface area contributed by atoms with E-state index in [2.05, 4.69) is 4.72 Å². The molecule has 1 aromatic heterocycles. The van der Waals surface area contributed by atoms with Crippen molar-refractivity contribution >= 4 is 38.8 Å². The molecular weight excluding hydrogens is 338 g/mol. The Labute approximate surface area is 138 Å². The van der Waals surface area contributed by atoms with Crippen LogP contribution in [0.4, 0.5) is 5.69 Å². The molecule has 8 heteroatoms. The fourth-order valence-electron chi connectivity index (χ4n) is 1.76. The third-order valence-electron chi connectivity index (χ3n) is 2.77. The molecule has 2 rings (SSSR count). The zero-order valence-electron chi connectivity index (χ0n) is 12.5. The van der Waals surface area contributed by atoms with Crippen molar-refractivity contribution in [2.24, 2.45) is 0 Å². The van der Waals surface area contributed by atoms with E-state index in [1.54, 1.807) is 6.07 Å². The maximum absolute atomic E-state index is 11.9. The lowest BCUT2D eigenvalue weighted by Gasteiger charge is -2.06. The van der Waals surface area contributed by atoms with Gasteiger partial charge in [0.15, 0.2) is 6.61 Å². The average Bonchev–Trinajstić information content (AvgIpc) is 2.90. The van der Waals surface area contributed by atoms with Crippen LogP contribution in [0, 0.1) is 6.92 Å². The van der Waals surface area contributed by atoms with Crippen LogP contribution in [0.5, 0.6) is 0 Å². The highest BCUT2D eigenvalue weighted by atomic mass is 32.2. The number of hydrogen-bond acceptors (Lipinski definition) is 6. The second-order valence-corrected chi connectivity index (χ2v) is 7.90. The third-order valence-corrected chi connectivity index (χ3v) is 4.42. The van der Waals surface area contributed by atoms with E-state index in [0.29, 0.717) is 10.6 Å². The zero-order valence-corrected chi connectivity index (χ0v) is 14.2. The molecule has 1 heterocycles. The maximum Gasteiger partial charge on any atom is 0.338 e. The van der Waals surface area contributed by atoms with Crippen LogP contribution in [-0.4, -0.2) is 33.0 Å². The fourth-order valence-corrected chi connectivity index (χ4v) is 3.11. The molecule has 0 aliphatic heterocycles. The summed E-state index contributed by atoms with van der Waals surface area (Å²) in [6.07, 6.45) is 1.03. The minimum absolute atomic E-state index is 0.235. The maximum atomic E-state index is 11.9. The van der Waals surface area contributed by atoms with Gasteiger partial charge >= 0.3 is 5.97 Å². The second kappa shape index (κ2) is 6.93.